The lowest BCUT2D eigenvalue weighted by atomic mass is 10.1. The van der Waals surface area contributed by atoms with Crippen LogP contribution in [0.1, 0.15) is 25.0 Å². The van der Waals surface area contributed by atoms with Crippen LogP contribution in [0.15, 0.2) is 0 Å². The van der Waals surface area contributed by atoms with Crippen LogP contribution in [0.4, 0.5) is 0 Å². The van der Waals surface area contributed by atoms with Crippen LogP contribution in [-0.4, -0.2) is 51.6 Å². The predicted octanol–water partition coefficient (Wildman–Crippen LogP) is 1.86. The van der Waals surface area contributed by atoms with Gasteiger partial charge in [-0.2, -0.15) is 0 Å². The number of aromatic nitrogens is 2. The molecule has 0 amide bonds. The fourth-order valence-electron chi connectivity index (χ4n) is 3.03. The molecule has 1 aromatic heterocycles. The van der Waals surface area contributed by atoms with Gasteiger partial charge < -0.3 is 0 Å². The monoisotopic (exact) mass is 272 g/mol. The first-order valence-corrected chi connectivity index (χ1v) is 7.30. The lowest BCUT2D eigenvalue weighted by Crippen LogP contribution is -2.36. The van der Waals surface area contributed by atoms with E-state index < -0.39 is 0 Å². The van der Waals surface area contributed by atoms with Crippen molar-refractivity contribution < 1.29 is 0 Å². The van der Waals surface area contributed by atoms with Gasteiger partial charge in [0.2, 0.25) is 0 Å². The molecule has 3 heterocycles. The van der Waals surface area contributed by atoms with Crippen molar-refractivity contribution in [2.45, 2.75) is 37.9 Å². The zero-order valence-corrected chi connectivity index (χ0v) is 11.5. The van der Waals surface area contributed by atoms with Crippen LogP contribution in [0.5, 0.6) is 0 Å². The van der Waals surface area contributed by atoms with E-state index in [1.165, 1.54) is 30.8 Å². The molecular formula is C11H17ClN4S. The molecule has 0 saturated carbocycles. The second-order valence-corrected chi connectivity index (χ2v) is 6.42. The quantitative estimate of drug-likeness (QED) is 0.823. The minimum Gasteiger partial charge on any atom is -0.299 e. The standard InChI is InChI=1S/C11H17ClN4S/c1-15-8-2-3-9(15)6-16(5-4-8)7-10-11(12)17-14-13-10/h8-9H,2-7H2,1H3. The van der Waals surface area contributed by atoms with Gasteiger partial charge in [0, 0.05) is 43.3 Å². The maximum Gasteiger partial charge on any atom is 0.138 e. The largest absolute Gasteiger partial charge is 0.299 e. The maximum absolute atomic E-state index is 6.06. The van der Waals surface area contributed by atoms with E-state index in [0.717, 1.165) is 35.7 Å². The lowest BCUT2D eigenvalue weighted by Gasteiger charge is -2.24. The molecule has 94 valence electrons. The number of hydrogen-bond acceptors (Lipinski definition) is 5. The van der Waals surface area contributed by atoms with Crippen LogP contribution in [-0.2, 0) is 6.54 Å². The van der Waals surface area contributed by atoms with Gasteiger partial charge in [0.05, 0.1) is 0 Å². The number of rotatable bonds is 2. The summed E-state index contributed by atoms with van der Waals surface area (Å²) in [6.07, 6.45) is 3.97. The second-order valence-electron chi connectivity index (χ2n) is 5.07. The summed E-state index contributed by atoms with van der Waals surface area (Å²) in [6, 6.07) is 1.50. The highest BCUT2D eigenvalue weighted by molar-refractivity contribution is 7.10. The molecule has 0 aromatic carbocycles. The summed E-state index contributed by atoms with van der Waals surface area (Å²) in [6.45, 7) is 3.15. The van der Waals surface area contributed by atoms with E-state index in [1.54, 1.807) is 0 Å². The Morgan fingerprint density at radius 2 is 2.18 bits per heavy atom. The summed E-state index contributed by atoms with van der Waals surface area (Å²) in [4.78, 5) is 5.03. The van der Waals surface area contributed by atoms with Gasteiger partial charge in [0.25, 0.3) is 0 Å². The number of halogens is 1. The summed E-state index contributed by atoms with van der Waals surface area (Å²) < 4.78 is 4.64. The number of likely N-dealkylation sites (N-methyl/N-ethyl adjacent to an activating group) is 1. The van der Waals surface area contributed by atoms with E-state index in [1.807, 2.05) is 0 Å². The predicted molar refractivity (Wildman–Crippen MR) is 69.4 cm³/mol. The third-order valence-electron chi connectivity index (χ3n) is 4.12. The van der Waals surface area contributed by atoms with Crippen molar-refractivity contribution in [2.24, 2.45) is 0 Å². The van der Waals surface area contributed by atoms with Crippen LogP contribution < -0.4 is 0 Å². The van der Waals surface area contributed by atoms with Crippen molar-refractivity contribution in [1.29, 1.82) is 0 Å². The molecular weight excluding hydrogens is 256 g/mol. The van der Waals surface area contributed by atoms with Crippen molar-refractivity contribution in [2.75, 3.05) is 20.1 Å². The van der Waals surface area contributed by atoms with Gasteiger partial charge in [-0.15, -0.1) is 5.10 Å². The van der Waals surface area contributed by atoms with Gasteiger partial charge in [-0.05, 0) is 26.3 Å². The molecule has 2 fully saturated rings. The smallest absolute Gasteiger partial charge is 0.138 e. The van der Waals surface area contributed by atoms with E-state index in [2.05, 4.69) is 26.4 Å². The van der Waals surface area contributed by atoms with Gasteiger partial charge in [0.15, 0.2) is 0 Å². The molecule has 4 nitrogen and oxygen atoms in total. The van der Waals surface area contributed by atoms with Crippen LogP contribution in [0, 0.1) is 0 Å². The number of likely N-dealkylation sites (tertiary alicyclic amines) is 1. The van der Waals surface area contributed by atoms with Crippen LogP contribution in [0.25, 0.3) is 0 Å². The fraction of sp³-hybridized carbons (Fsp3) is 0.818. The first-order valence-electron chi connectivity index (χ1n) is 6.15. The molecule has 2 aliphatic rings. The summed E-state index contributed by atoms with van der Waals surface area (Å²) in [5.74, 6) is 0. The molecule has 2 bridgehead atoms. The minimum absolute atomic E-state index is 0.716. The van der Waals surface area contributed by atoms with Crippen LogP contribution in [0.2, 0.25) is 4.34 Å². The first-order chi connectivity index (χ1) is 8.24. The van der Waals surface area contributed by atoms with Crippen molar-refractivity contribution >= 4 is 23.1 Å². The van der Waals surface area contributed by atoms with Crippen molar-refractivity contribution in [3.63, 3.8) is 0 Å². The Morgan fingerprint density at radius 1 is 1.35 bits per heavy atom. The van der Waals surface area contributed by atoms with Crippen molar-refractivity contribution in [1.82, 2.24) is 19.4 Å². The second kappa shape index (κ2) is 4.80. The molecule has 2 atom stereocenters. The Hall–Kier alpha value is -0.230. The summed E-state index contributed by atoms with van der Waals surface area (Å²) in [7, 11) is 2.27. The molecule has 0 N–H and O–H groups in total. The molecule has 6 heteroatoms. The van der Waals surface area contributed by atoms with E-state index in [0.29, 0.717) is 6.04 Å². The fourth-order valence-corrected chi connectivity index (χ4v) is 3.64. The highest BCUT2D eigenvalue weighted by atomic mass is 35.5. The normalized spacial score (nSPS) is 30.7. The number of nitrogens with zero attached hydrogens (tertiary/aromatic N) is 4. The van der Waals surface area contributed by atoms with E-state index in [9.17, 15) is 0 Å². The summed E-state index contributed by atoms with van der Waals surface area (Å²) in [5, 5.41) is 4.10. The first kappa shape index (κ1) is 11.8. The highest BCUT2D eigenvalue weighted by Crippen LogP contribution is 2.29. The maximum atomic E-state index is 6.06. The Bertz CT molecular complexity index is 397. The molecule has 2 unspecified atom stereocenters. The summed E-state index contributed by atoms with van der Waals surface area (Å²) in [5.41, 5.74) is 0.942. The van der Waals surface area contributed by atoms with Crippen LogP contribution in [0.3, 0.4) is 0 Å². The van der Waals surface area contributed by atoms with E-state index in [-0.39, 0.29) is 0 Å². The van der Waals surface area contributed by atoms with Gasteiger partial charge in [0.1, 0.15) is 10.0 Å². The van der Waals surface area contributed by atoms with Gasteiger partial charge in [-0.25, -0.2) is 0 Å². The Kier molecular flexibility index (Phi) is 3.34. The van der Waals surface area contributed by atoms with Gasteiger partial charge in [-0.3, -0.25) is 9.80 Å². The topological polar surface area (TPSA) is 32.3 Å². The SMILES string of the molecule is CN1C2CCC1CN(Cc1nnsc1Cl)CC2. The molecule has 0 aliphatic carbocycles. The zero-order valence-electron chi connectivity index (χ0n) is 9.97. The third kappa shape index (κ3) is 2.34. The zero-order chi connectivity index (χ0) is 11.8. The van der Waals surface area contributed by atoms with Gasteiger partial charge in [-0.1, -0.05) is 16.1 Å². The highest BCUT2D eigenvalue weighted by Gasteiger charge is 2.34. The summed E-state index contributed by atoms with van der Waals surface area (Å²) >= 11 is 7.35. The molecule has 0 spiro atoms. The average Bonchev–Trinajstić information content (AvgIpc) is 2.78. The number of hydrogen-bond donors (Lipinski definition) is 0. The molecule has 1 aromatic rings. The molecule has 2 aliphatic heterocycles. The Balaban J connectivity index is 1.67. The molecule has 2 saturated heterocycles. The van der Waals surface area contributed by atoms with Crippen molar-refractivity contribution in [3.05, 3.63) is 10.0 Å². The van der Waals surface area contributed by atoms with Gasteiger partial charge >= 0.3 is 0 Å². The van der Waals surface area contributed by atoms with E-state index in [4.69, 9.17) is 11.6 Å². The Morgan fingerprint density at radius 3 is 2.94 bits per heavy atom. The molecule has 17 heavy (non-hydrogen) atoms. The number of fused-ring (bicyclic) bond motifs is 2. The average molecular weight is 273 g/mol. The van der Waals surface area contributed by atoms with Crippen molar-refractivity contribution in [3.8, 4) is 0 Å². The minimum atomic E-state index is 0.716. The Labute approximate surface area is 111 Å². The third-order valence-corrected chi connectivity index (χ3v) is 5.10. The lowest BCUT2D eigenvalue weighted by molar-refractivity contribution is 0.213. The van der Waals surface area contributed by atoms with Crippen LogP contribution >= 0.6 is 23.1 Å². The molecule has 0 radical (unpaired) electrons. The molecule has 3 rings (SSSR count). The van der Waals surface area contributed by atoms with E-state index >= 15 is 0 Å².